The molecule has 0 saturated carbocycles. The van der Waals surface area contributed by atoms with Crippen molar-refractivity contribution in [1.82, 2.24) is 9.80 Å². The van der Waals surface area contributed by atoms with Gasteiger partial charge in [-0.25, -0.2) is 23.2 Å². The summed E-state index contributed by atoms with van der Waals surface area (Å²) in [5.74, 6) is -2.18. The van der Waals surface area contributed by atoms with E-state index in [2.05, 4.69) is 5.32 Å². The summed E-state index contributed by atoms with van der Waals surface area (Å²) in [5.41, 5.74) is -0.417. The number of benzene rings is 2. The van der Waals surface area contributed by atoms with Gasteiger partial charge < -0.3 is 24.7 Å². The topological polar surface area (TPSA) is 136 Å². The van der Waals surface area contributed by atoms with Crippen LogP contribution in [0.15, 0.2) is 42.5 Å². The molecule has 1 heterocycles. The van der Waals surface area contributed by atoms with E-state index >= 15 is 0 Å². The molecule has 3 amide bonds. The molecule has 0 bridgehead atoms. The van der Waals surface area contributed by atoms with Crippen LogP contribution in [0, 0.1) is 0 Å². The first-order valence-corrected chi connectivity index (χ1v) is 11.3. The number of carbonyl (C=O) groups is 4. The minimum atomic E-state index is -2.71. The quantitative estimate of drug-likeness (QED) is 0.528. The number of carboxylic acids is 1. The van der Waals surface area contributed by atoms with E-state index in [1.807, 2.05) is 0 Å². The van der Waals surface area contributed by atoms with E-state index in [1.165, 1.54) is 36.4 Å². The van der Waals surface area contributed by atoms with Crippen LogP contribution in [0.2, 0.25) is 0 Å². The maximum absolute atomic E-state index is 13.6. The number of ether oxygens (including phenoxy) is 1. The van der Waals surface area contributed by atoms with Crippen LogP contribution in [0.4, 0.5) is 24.1 Å². The Morgan fingerprint density at radius 1 is 1.03 bits per heavy atom. The van der Waals surface area contributed by atoms with Gasteiger partial charge in [-0.15, -0.1) is 0 Å². The highest BCUT2D eigenvalue weighted by Crippen LogP contribution is 2.30. The number of carbonyl (C=O) groups excluding carboxylic acids is 2. The van der Waals surface area contributed by atoms with Gasteiger partial charge in [0.2, 0.25) is 0 Å². The second-order valence-corrected chi connectivity index (χ2v) is 9.39. The third kappa shape index (κ3) is 6.72. The van der Waals surface area contributed by atoms with E-state index in [4.69, 9.17) is 4.74 Å². The second kappa shape index (κ2) is 10.8. The van der Waals surface area contributed by atoms with Crippen LogP contribution >= 0.6 is 0 Å². The predicted molar refractivity (Wildman–Crippen MR) is 129 cm³/mol. The average molecular weight is 520 g/mol. The molecule has 0 radical (unpaired) electrons. The number of aliphatic carboxylic acids is 1. The Kier molecular flexibility index (Phi) is 7.99. The fourth-order valence-electron chi connectivity index (χ4n) is 3.84. The molecule has 10 nitrogen and oxygen atoms in total. The number of hydrogen-bond acceptors (Lipinski definition) is 5. The molecule has 2 aromatic rings. The molecule has 3 rings (SSSR count). The number of alkyl halides is 2. The standard InChI is InChI=1S/C25H27F2N3O7/c1-25(2,3)37-23(34)28-18-8-7-15(14-5-4-6-16(11-14)20(26)27)12-17(18)21(31)30-10-9-29(24(35)36)13-19(30)22(32)33/h4-8,11-12,19-20H,9-10,13H2,1-3H3,(H,28,34)(H,32,33)(H,35,36)/t19-/m0/s1. The Morgan fingerprint density at radius 3 is 2.30 bits per heavy atom. The molecule has 2 aromatic carbocycles. The summed E-state index contributed by atoms with van der Waals surface area (Å²) in [6.45, 7) is 4.18. The lowest BCUT2D eigenvalue weighted by atomic mass is 9.98. The fourth-order valence-corrected chi connectivity index (χ4v) is 3.84. The van der Waals surface area contributed by atoms with Gasteiger partial charge in [-0.3, -0.25) is 10.1 Å². The summed E-state index contributed by atoms with van der Waals surface area (Å²) in [7, 11) is 0. The van der Waals surface area contributed by atoms with Gasteiger partial charge in [0.1, 0.15) is 11.6 Å². The normalized spacial score (nSPS) is 15.9. The highest BCUT2D eigenvalue weighted by molar-refractivity contribution is 6.05. The van der Waals surface area contributed by atoms with Crippen molar-refractivity contribution in [1.29, 1.82) is 0 Å². The van der Waals surface area contributed by atoms with Crippen molar-refractivity contribution < 1.29 is 42.9 Å². The largest absolute Gasteiger partial charge is 0.480 e. The SMILES string of the molecule is CC(C)(C)OC(=O)Nc1ccc(-c2cccc(C(F)F)c2)cc1C(=O)N1CCN(C(=O)O)C[C@H]1C(=O)O. The van der Waals surface area contributed by atoms with Crippen LogP contribution in [0.3, 0.4) is 0 Å². The Hall–Kier alpha value is -4.22. The van der Waals surface area contributed by atoms with Crippen molar-refractivity contribution in [2.24, 2.45) is 0 Å². The lowest BCUT2D eigenvalue weighted by molar-refractivity contribution is -0.144. The van der Waals surface area contributed by atoms with Gasteiger partial charge in [-0.1, -0.05) is 24.3 Å². The average Bonchev–Trinajstić information content (AvgIpc) is 2.82. The van der Waals surface area contributed by atoms with E-state index in [0.29, 0.717) is 11.1 Å². The Bertz CT molecular complexity index is 1210. The molecule has 198 valence electrons. The van der Waals surface area contributed by atoms with Crippen molar-refractivity contribution in [2.75, 3.05) is 25.0 Å². The summed E-state index contributed by atoms with van der Waals surface area (Å²) >= 11 is 0. The number of hydrogen-bond donors (Lipinski definition) is 3. The van der Waals surface area contributed by atoms with Crippen molar-refractivity contribution >= 4 is 29.8 Å². The predicted octanol–water partition coefficient (Wildman–Crippen LogP) is 4.53. The van der Waals surface area contributed by atoms with Crippen LogP contribution < -0.4 is 5.32 Å². The summed E-state index contributed by atoms with van der Waals surface area (Å²) in [4.78, 5) is 51.2. The molecular formula is C25H27F2N3O7. The number of nitrogens with zero attached hydrogens (tertiary/aromatic N) is 2. The first-order chi connectivity index (χ1) is 17.3. The summed E-state index contributed by atoms with van der Waals surface area (Å²) < 4.78 is 31.7. The molecule has 1 aliphatic rings. The highest BCUT2D eigenvalue weighted by atomic mass is 19.3. The van der Waals surface area contributed by atoms with Gasteiger partial charge in [-0.05, 0) is 50.1 Å². The van der Waals surface area contributed by atoms with E-state index in [9.17, 15) is 38.2 Å². The van der Waals surface area contributed by atoms with Gasteiger partial charge in [-0.2, -0.15) is 0 Å². The Labute approximate surface area is 211 Å². The van der Waals surface area contributed by atoms with E-state index < -0.39 is 48.7 Å². The zero-order valence-electron chi connectivity index (χ0n) is 20.4. The molecule has 0 spiro atoms. The molecule has 0 unspecified atom stereocenters. The number of anilines is 1. The van der Waals surface area contributed by atoms with Crippen LogP contribution in [-0.4, -0.2) is 75.4 Å². The van der Waals surface area contributed by atoms with Crippen LogP contribution in [0.1, 0.15) is 43.1 Å². The molecule has 3 N–H and O–H groups in total. The van der Waals surface area contributed by atoms with E-state index in [0.717, 1.165) is 9.80 Å². The first kappa shape index (κ1) is 27.4. The minimum Gasteiger partial charge on any atom is -0.480 e. The smallest absolute Gasteiger partial charge is 0.412 e. The molecule has 1 aliphatic heterocycles. The van der Waals surface area contributed by atoms with Gasteiger partial charge in [0.05, 0.1) is 17.8 Å². The van der Waals surface area contributed by atoms with Gasteiger partial charge in [0.25, 0.3) is 12.3 Å². The van der Waals surface area contributed by atoms with Gasteiger partial charge in [0, 0.05) is 18.7 Å². The summed E-state index contributed by atoms with van der Waals surface area (Å²) in [5, 5.41) is 21.4. The lowest BCUT2D eigenvalue weighted by Crippen LogP contribution is -2.59. The van der Waals surface area contributed by atoms with Crippen LogP contribution in [-0.2, 0) is 9.53 Å². The van der Waals surface area contributed by atoms with Crippen molar-refractivity contribution in [3.05, 3.63) is 53.6 Å². The maximum Gasteiger partial charge on any atom is 0.412 e. The fraction of sp³-hybridized carbons (Fsp3) is 0.360. The molecule has 12 heteroatoms. The number of halogens is 2. The van der Waals surface area contributed by atoms with Crippen molar-refractivity contribution in [3.63, 3.8) is 0 Å². The Morgan fingerprint density at radius 2 is 1.70 bits per heavy atom. The molecule has 0 aromatic heterocycles. The number of rotatable bonds is 5. The lowest BCUT2D eigenvalue weighted by Gasteiger charge is -2.38. The molecule has 1 fully saturated rings. The second-order valence-electron chi connectivity index (χ2n) is 9.39. The monoisotopic (exact) mass is 519 g/mol. The highest BCUT2D eigenvalue weighted by Gasteiger charge is 2.38. The number of piperazine rings is 1. The molecular weight excluding hydrogens is 492 g/mol. The Balaban J connectivity index is 2.04. The van der Waals surface area contributed by atoms with E-state index in [-0.39, 0.29) is 29.9 Å². The van der Waals surface area contributed by atoms with E-state index in [1.54, 1.807) is 26.8 Å². The minimum absolute atomic E-state index is 0.0119. The van der Waals surface area contributed by atoms with Crippen molar-refractivity contribution in [3.8, 4) is 11.1 Å². The maximum atomic E-state index is 13.6. The van der Waals surface area contributed by atoms with Crippen LogP contribution in [0.25, 0.3) is 11.1 Å². The van der Waals surface area contributed by atoms with Crippen molar-refractivity contribution in [2.45, 2.75) is 38.8 Å². The first-order valence-electron chi connectivity index (χ1n) is 11.3. The van der Waals surface area contributed by atoms with Gasteiger partial charge in [0.15, 0.2) is 0 Å². The zero-order valence-corrected chi connectivity index (χ0v) is 20.4. The van der Waals surface area contributed by atoms with Crippen LogP contribution in [0.5, 0.6) is 0 Å². The third-order valence-electron chi connectivity index (χ3n) is 5.55. The number of amides is 3. The third-order valence-corrected chi connectivity index (χ3v) is 5.55. The zero-order chi connectivity index (χ0) is 27.5. The molecule has 1 atom stereocenters. The number of nitrogens with one attached hydrogen (secondary N) is 1. The molecule has 0 aliphatic carbocycles. The van der Waals surface area contributed by atoms with Gasteiger partial charge >= 0.3 is 18.2 Å². The molecule has 37 heavy (non-hydrogen) atoms. The number of carboxylic acid groups (broad SMARTS) is 2. The summed E-state index contributed by atoms with van der Waals surface area (Å²) in [6, 6.07) is 8.34. The molecule has 1 saturated heterocycles. The summed E-state index contributed by atoms with van der Waals surface area (Å²) in [6.07, 6.45) is -4.89.